The van der Waals surface area contributed by atoms with Gasteiger partial charge in [0, 0.05) is 24.3 Å². The van der Waals surface area contributed by atoms with Crippen molar-refractivity contribution in [3.8, 4) is 6.07 Å². The largest absolute Gasteiger partial charge is 0.409 e. The lowest BCUT2D eigenvalue weighted by Crippen LogP contribution is -2.29. The molecule has 170 valence electrons. The van der Waals surface area contributed by atoms with Gasteiger partial charge in [-0.15, -0.1) is 0 Å². The SMILES string of the molecule is C=C(C#N)C(c1cccc([N+](=O)[O-])c1)N(Cc1ccccc1)P(=O)(OCCC)OCCC. The number of hydrogen-bond acceptors (Lipinski definition) is 6. The Balaban J connectivity index is 2.67. The highest BCUT2D eigenvalue weighted by Gasteiger charge is 2.41. The number of nitro benzene ring substituents is 1. The molecular weight excluding hydrogens is 429 g/mol. The van der Waals surface area contributed by atoms with Crippen LogP contribution in [0.5, 0.6) is 0 Å². The van der Waals surface area contributed by atoms with Gasteiger partial charge in [0.2, 0.25) is 0 Å². The Morgan fingerprint density at radius 2 is 1.78 bits per heavy atom. The van der Waals surface area contributed by atoms with Crippen LogP contribution in [-0.2, 0) is 20.2 Å². The minimum Gasteiger partial charge on any atom is -0.297 e. The van der Waals surface area contributed by atoms with Crippen molar-refractivity contribution in [3.63, 3.8) is 0 Å². The molecule has 8 nitrogen and oxygen atoms in total. The average Bonchev–Trinajstić information content (AvgIpc) is 2.81. The summed E-state index contributed by atoms with van der Waals surface area (Å²) in [6.45, 7) is 8.13. The van der Waals surface area contributed by atoms with Gasteiger partial charge in [-0.1, -0.05) is 62.9 Å². The summed E-state index contributed by atoms with van der Waals surface area (Å²) < 4.78 is 27.1. The molecule has 0 spiro atoms. The van der Waals surface area contributed by atoms with Crippen LogP contribution in [-0.4, -0.2) is 22.8 Å². The van der Waals surface area contributed by atoms with E-state index in [2.05, 4.69) is 6.58 Å². The standard InChI is InChI=1S/C23H28N3O5P/c1-4-14-30-32(29,31-15-5-2)25(18-20-10-7-6-8-11-20)23(19(3)17-24)21-12-9-13-22(16-21)26(27)28/h6-13,16,23H,3-5,14-15,18H2,1-2H3. The second-order valence-electron chi connectivity index (χ2n) is 7.11. The van der Waals surface area contributed by atoms with Gasteiger partial charge in [-0.25, -0.2) is 4.57 Å². The van der Waals surface area contributed by atoms with Gasteiger partial charge in [-0.2, -0.15) is 9.93 Å². The molecule has 0 amide bonds. The predicted octanol–water partition coefficient (Wildman–Crippen LogP) is 6.18. The maximum absolute atomic E-state index is 14.1. The molecule has 1 unspecified atom stereocenters. The van der Waals surface area contributed by atoms with Gasteiger partial charge in [0.05, 0.1) is 30.2 Å². The van der Waals surface area contributed by atoms with E-state index in [0.29, 0.717) is 18.4 Å². The van der Waals surface area contributed by atoms with Crippen molar-refractivity contribution in [1.82, 2.24) is 4.67 Å². The molecule has 1 atom stereocenters. The molecular formula is C23H28N3O5P. The highest BCUT2D eigenvalue weighted by Crippen LogP contribution is 2.58. The third kappa shape index (κ3) is 6.59. The number of nitrogens with zero attached hydrogens (tertiary/aromatic N) is 3. The summed E-state index contributed by atoms with van der Waals surface area (Å²) in [4.78, 5) is 10.8. The number of benzene rings is 2. The van der Waals surface area contributed by atoms with Crippen molar-refractivity contribution < 1.29 is 18.5 Å². The third-order valence-corrected chi connectivity index (χ3v) is 6.61. The van der Waals surface area contributed by atoms with Gasteiger partial charge in [-0.05, 0) is 24.0 Å². The smallest absolute Gasteiger partial charge is 0.297 e. The van der Waals surface area contributed by atoms with Crippen LogP contribution in [0.25, 0.3) is 0 Å². The summed E-state index contributed by atoms with van der Waals surface area (Å²) in [5, 5.41) is 21.1. The Hall–Kier alpha value is -2.82. The van der Waals surface area contributed by atoms with Crippen molar-refractivity contribution in [2.45, 2.75) is 39.3 Å². The van der Waals surface area contributed by atoms with E-state index < -0.39 is 18.7 Å². The lowest BCUT2D eigenvalue weighted by molar-refractivity contribution is -0.384. The zero-order valence-electron chi connectivity index (χ0n) is 18.3. The monoisotopic (exact) mass is 457 g/mol. The highest BCUT2D eigenvalue weighted by atomic mass is 31.2. The molecule has 0 aliphatic rings. The van der Waals surface area contributed by atoms with Crippen LogP contribution < -0.4 is 0 Å². The molecule has 0 aliphatic carbocycles. The van der Waals surface area contributed by atoms with E-state index in [-0.39, 0.29) is 31.0 Å². The predicted molar refractivity (Wildman–Crippen MR) is 123 cm³/mol. The molecule has 0 saturated heterocycles. The number of rotatable bonds is 13. The van der Waals surface area contributed by atoms with Crippen molar-refractivity contribution >= 4 is 13.4 Å². The van der Waals surface area contributed by atoms with Crippen molar-refractivity contribution in [2.75, 3.05) is 13.2 Å². The zero-order valence-corrected chi connectivity index (χ0v) is 19.2. The fourth-order valence-electron chi connectivity index (χ4n) is 3.11. The van der Waals surface area contributed by atoms with E-state index in [1.165, 1.54) is 22.9 Å². The van der Waals surface area contributed by atoms with Crippen molar-refractivity contribution in [1.29, 1.82) is 5.26 Å². The lowest BCUT2D eigenvalue weighted by Gasteiger charge is -2.36. The molecule has 0 bridgehead atoms. The van der Waals surface area contributed by atoms with Crippen LogP contribution in [0, 0.1) is 21.4 Å². The van der Waals surface area contributed by atoms with Gasteiger partial charge < -0.3 is 0 Å². The first kappa shape index (κ1) is 25.4. The summed E-state index contributed by atoms with van der Waals surface area (Å²) >= 11 is 0. The van der Waals surface area contributed by atoms with Crippen molar-refractivity contribution in [3.05, 3.63) is 88.0 Å². The Morgan fingerprint density at radius 3 is 2.31 bits per heavy atom. The van der Waals surface area contributed by atoms with Crippen LogP contribution >= 0.6 is 7.75 Å². The average molecular weight is 457 g/mol. The zero-order chi connectivity index (χ0) is 23.6. The molecule has 0 radical (unpaired) electrons. The fourth-order valence-corrected chi connectivity index (χ4v) is 5.20. The summed E-state index contributed by atoms with van der Waals surface area (Å²) in [6, 6.07) is 16.2. The van der Waals surface area contributed by atoms with Crippen molar-refractivity contribution in [2.24, 2.45) is 0 Å². The third-order valence-electron chi connectivity index (χ3n) is 4.59. The molecule has 2 rings (SSSR count). The number of nitro groups is 1. The first-order valence-electron chi connectivity index (χ1n) is 10.4. The van der Waals surface area contributed by atoms with Gasteiger partial charge in [0.1, 0.15) is 0 Å². The number of non-ortho nitro benzene ring substituents is 1. The molecule has 9 heteroatoms. The van der Waals surface area contributed by atoms with Gasteiger partial charge >= 0.3 is 7.75 Å². The normalized spacial score (nSPS) is 12.3. The topological polar surface area (TPSA) is 106 Å². The maximum Gasteiger partial charge on any atom is 0.409 e. The molecule has 32 heavy (non-hydrogen) atoms. The minimum atomic E-state index is -3.90. The summed E-state index contributed by atoms with van der Waals surface area (Å²) in [5.41, 5.74) is 1.15. The van der Waals surface area contributed by atoms with Crippen LogP contribution in [0.3, 0.4) is 0 Å². The van der Waals surface area contributed by atoms with E-state index in [4.69, 9.17) is 9.05 Å². The summed E-state index contributed by atoms with van der Waals surface area (Å²) in [7, 11) is -3.90. The number of hydrogen-bond donors (Lipinski definition) is 0. The van der Waals surface area contributed by atoms with Gasteiger partial charge in [-0.3, -0.25) is 19.2 Å². The van der Waals surface area contributed by atoms with Crippen LogP contribution in [0.2, 0.25) is 0 Å². The van der Waals surface area contributed by atoms with E-state index in [0.717, 1.165) is 5.56 Å². The molecule has 2 aromatic carbocycles. The van der Waals surface area contributed by atoms with Gasteiger partial charge in [0.25, 0.3) is 5.69 Å². The Labute approximate surface area is 188 Å². The fraction of sp³-hybridized carbons (Fsp3) is 0.348. The molecule has 0 fully saturated rings. The number of nitriles is 1. The first-order valence-corrected chi connectivity index (χ1v) is 11.9. The molecule has 0 aliphatic heterocycles. The van der Waals surface area contributed by atoms with E-state index >= 15 is 0 Å². The highest BCUT2D eigenvalue weighted by molar-refractivity contribution is 7.51. The Kier molecular flexibility index (Phi) is 9.76. The lowest BCUT2D eigenvalue weighted by atomic mass is 9.99. The molecule has 2 aromatic rings. The van der Waals surface area contributed by atoms with Crippen LogP contribution in [0.1, 0.15) is 43.9 Å². The maximum atomic E-state index is 14.1. The molecule has 0 aromatic heterocycles. The summed E-state index contributed by atoms with van der Waals surface area (Å²) in [5.74, 6) is 0. The van der Waals surface area contributed by atoms with Gasteiger partial charge in [0.15, 0.2) is 0 Å². The second kappa shape index (κ2) is 12.3. The molecule has 0 heterocycles. The Morgan fingerprint density at radius 1 is 1.16 bits per heavy atom. The molecule has 0 N–H and O–H groups in total. The van der Waals surface area contributed by atoms with E-state index in [9.17, 15) is 19.9 Å². The van der Waals surface area contributed by atoms with Crippen LogP contribution in [0.4, 0.5) is 5.69 Å². The second-order valence-corrected chi connectivity index (χ2v) is 9.08. The van der Waals surface area contributed by atoms with E-state index in [1.54, 1.807) is 6.07 Å². The van der Waals surface area contributed by atoms with E-state index in [1.807, 2.05) is 50.2 Å². The van der Waals surface area contributed by atoms with Crippen LogP contribution in [0.15, 0.2) is 66.7 Å². The molecule has 0 saturated carbocycles. The quantitative estimate of drug-likeness (QED) is 0.153. The Bertz CT molecular complexity index is 994. The first-order chi connectivity index (χ1) is 15.4. The summed E-state index contributed by atoms with van der Waals surface area (Å²) in [6.07, 6.45) is 1.22. The minimum absolute atomic E-state index is 0.0712.